The minimum absolute atomic E-state index is 0.0331. The van der Waals surface area contributed by atoms with Crippen LogP contribution in [0.2, 0.25) is 0 Å². The Labute approximate surface area is 125 Å². The second-order valence-corrected chi connectivity index (χ2v) is 5.50. The van der Waals surface area contributed by atoms with Crippen molar-refractivity contribution in [3.63, 3.8) is 0 Å². The maximum Gasteiger partial charge on any atom is 0.280 e. The average Bonchev–Trinajstić information content (AvgIpc) is 3.02. The molecule has 0 amide bonds. The summed E-state index contributed by atoms with van der Waals surface area (Å²) in [5.41, 5.74) is 5.81. The second-order valence-electron chi connectivity index (χ2n) is 5.10. The Morgan fingerprint density at radius 2 is 2.43 bits per heavy atom. The highest BCUT2D eigenvalue weighted by Gasteiger charge is 2.36. The smallest absolute Gasteiger partial charge is 0.280 e. The van der Waals surface area contributed by atoms with Crippen molar-refractivity contribution in [3.05, 3.63) is 16.7 Å². The van der Waals surface area contributed by atoms with Gasteiger partial charge in [-0.2, -0.15) is 10.7 Å². The number of nitrogens with zero attached hydrogens (tertiary/aromatic N) is 3. The van der Waals surface area contributed by atoms with Crippen LogP contribution in [0.1, 0.15) is 19.1 Å². The zero-order valence-corrected chi connectivity index (χ0v) is 12.0. The van der Waals surface area contributed by atoms with Crippen LogP contribution < -0.4 is 11.3 Å². The third kappa shape index (κ3) is 2.52. The fourth-order valence-electron chi connectivity index (χ4n) is 2.77. The van der Waals surface area contributed by atoms with Crippen LogP contribution in [0.5, 0.6) is 0 Å². The predicted octanol–water partition coefficient (Wildman–Crippen LogP) is -0.465. The minimum atomic E-state index is -0.382. The van der Waals surface area contributed by atoms with Crippen molar-refractivity contribution in [2.24, 2.45) is 5.92 Å². The van der Waals surface area contributed by atoms with Gasteiger partial charge in [-0.1, -0.05) is 6.42 Å². The fraction of sp³-hybridized carbons (Fsp3) is 0.583. The lowest BCUT2D eigenvalue weighted by atomic mass is 10.0. The molecule has 4 N–H and O–H groups in total. The molecule has 0 radical (unpaired) electrons. The van der Waals surface area contributed by atoms with Gasteiger partial charge in [0, 0.05) is 5.92 Å². The summed E-state index contributed by atoms with van der Waals surface area (Å²) in [6, 6.07) is 0. The van der Waals surface area contributed by atoms with Gasteiger partial charge in [0.25, 0.3) is 5.56 Å². The molecule has 21 heavy (non-hydrogen) atoms. The Kier molecular flexibility index (Phi) is 3.87. The maximum absolute atomic E-state index is 11.8. The lowest BCUT2D eigenvalue weighted by molar-refractivity contribution is -0.0313. The van der Waals surface area contributed by atoms with E-state index in [1.165, 1.54) is 6.33 Å². The summed E-state index contributed by atoms with van der Waals surface area (Å²) >= 11 is 5.05. The number of fused-ring (bicyclic) bond motifs is 1. The van der Waals surface area contributed by atoms with Crippen LogP contribution in [0.25, 0.3) is 11.2 Å². The van der Waals surface area contributed by atoms with Crippen LogP contribution in [-0.4, -0.2) is 43.1 Å². The summed E-state index contributed by atoms with van der Waals surface area (Å²) < 4.78 is 7.54. The largest absolute Gasteiger partial charge is 0.793 e. The zero-order valence-electron chi connectivity index (χ0n) is 11.2. The Bertz CT molecular complexity index is 700. The van der Waals surface area contributed by atoms with Crippen molar-refractivity contribution in [2.45, 2.75) is 25.2 Å². The highest BCUT2D eigenvalue weighted by Crippen LogP contribution is 2.37. The number of anilines is 1. The standard InChI is InChI=1S/C12H17N5O3S/c13-12-15-9-8(10(19)16-12)14-5-17(9)11-6(1-2-21)3-7(4-18)20-11/h5-7,11,18,21H,1-4H2,(H3,13,15,16,19)/p-1/t6-,7-,11+/m0/s1. The minimum Gasteiger partial charge on any atom is -0.793 e. The molecule has 8 nitrogen and oxygen atoms in total. The van der Waals surface area contributed by atoms with Gasteiger partial charge in [0.1, 0.15) is 6.23 Å². The molecule has 3 heterocycles. The molecule has 0 aliphatic carbocycles. The van der Waals surface area contributed by atoms with Gasteiger partial charge in [-0.25, -0.2) is 4.98 Å². The number of nitrogens with two attached hydrogens (primary N) is 1. The molecule has 1 saturated heterocycles. The molecule has 0 unspecified atom stereocenters. The van der Waals surface area contributed by atoms with Gasteiger partial charge in [0.2, 0.25) is 5.95 Å². The van der Waals surface area contributed by atoms with Crippen molar-refractivity contribution in [2.75, 3.05) is 18.1 Å². The van der Waals surface area contributed by atoms with E-state index >= 15 is 0 Å². The van der Waals surface area contributed by atoms with Crippen molar-refractivity contribution in [3.8, 4) is 0 Å². The molecule has 9 heteroatoms. The molecule has 0 spiro atoms. The van der Waals surface area contributed by atoms with Gasteiger partial charge in [-0.15, -0.1) is 0 Å². The SMILES string of the molecule is Nc1nc2c(ncn2[C@@H]2O[C@H](CO)C[C@@H]2CC[S-])c(=O)[nH]1. The van der Waals surface area contributed by atoms with E-state index in [1.807, 2.05) is 0 Å². The molecule has 2 aromatic heterocycles. The van der Waals surface area contributed by atoms with E-state index in [2.05, 4.69) is 15.0 Å². The monoisotopic (exact) mass is 310 g/mol. The molecule has 1 aliphatic heterocycles. The first kappa shape index (κ1) is 14.4. The van der Waals surface area contributed by atoms with Crippen LogP contribution in [-0.2, 0) is 17.4 Å². The highest BCUT2D eigenvalue weighted by atomic mass is 32.1. The molecule has 114 valence electrons. The lowest BCUT2D eigenvalue weighted by Crippen LogP contribution is -2.18. The van der Waals surface area contributed by atoms with Crippen LogP contribution in [0.15, 0.2) is 11.1 Å². The summed E-state index contributed by atoms with van der Waals surface area (Å²) in [7, 11) is 0. The van der Waals surface area contributed by atoms with Crippen LogP contribution in [0.4, 0.5) is 5.95 Å². The quantitative estimate of drug-likeness (QED) is 0.653. The Morgan fingerprint density at radius 1 is 1.62 bits per heavy atom. The van der Waals surface area contributed by atoms with Crippen molar-refractivity contribution >= 4 is 29.7 Å². The number of aromatic nitrogens is 4. The normalized spacial score (nSPS) is 25.7. The van der Waals surface area contributed by atoms with Gasteiger partial charge in [0.05, 0.1) is 19.0 Å². The molecule has 2 aromatic rings. The first-order chi connectivity index (χ1) is 10.1. The van der Waals surface area contributed by atoms with Gasteiger partial charge >= 0.3 is 0 Å². The first-order valence-corrected chi connectivity index (χ1v) is 7.28. The predicted molar refractivity (Wildman–Crippen MR) is 78.5 cm³/mol. The molecule has 3 atom stereocenters. The molecular weight excluding hydrogens is 294 g/mol. The van der Waals surface area contributed by atoms with E-state index in [-0.39, 0.29) is 41.9 Å². The highest BCUT2D eigenvalue weighted by molar-refractivity contribution is 7.58. The molecule has 1 aliphatic rings. The number of imidazole rings is 1. The zero-order chi connectivity index (χ0) is 15.0. The topological polar surface area (TPSA) is 119 Å². The number of nitrogen functional groups attached to an aromatic ring is 1. The number of H-pyrrole nitrogens is 1. The third-order valence-electron chi connectivity index (χ3n) is 3.72. The molecular formula is C12H16N5O3S-. The van der Waals surface area contributed by atoms with E-state index in [0.29, 0.717) is 11.4 Å². The van der Waals surface area contributed by atoms with Crippen LogP contribution in [0.3, 0.4) is 0 Å². The maximum atomic E-state index is 11.8. The average molecular weight is 310 g/mol. The number of rotatable bonds is 4. The number of hydrogen-bond donors (Lipinski definition) is 3. The Hall–Kier alpha value is -1.58. The number of aliphatic hydroxyl groups excluding tert-OH is 1. The van der Waals surface area contributed by atoms with E-state index in [4.69, 9.17) is 23.1 Å². The van der Waals surface area contributed by atoms with Gasteiger partial charge in [-0.3, -0.25) is 14.3 Å². The lowest BCUT2D eigenvalue weighted by Gasteiger charge is -2.21. The summed E-state index contributed by atoms with van der Waals surface area (Å²) in [6.07, 6.45) is 2.44. The number of ether oxygens (including phenoxy) is 1. The van der Waals surface area contributed by atoms with Crippen molar-refractivity contribution < 1.29 is 9.84 Å². The number of hydrogen-bond acceptors (Lipinski definition) is 7. The van der Waals surface area contributed by atoms with Gasteiger partial charge in [-0.05, 0) is 6.42 Å². The molecule has 3 rings (SSSR count). The molecule has 0 bridgehead atoms. The summed E-state index contributed by atoms with van der Waals surface area (Å²) in [5.74, 6) is 0.788. The Morgan fingerprint density at radius 3 is 3.14 bits per heavy atom. The number of aromatic amines is 1. The summed E-state index contributed by atoms with van der Waals surface area (Å²) in [6.45, 7) is -0.0484. The van der Waals surface area contributed by atoms with E-state index in [1.54, 1.807) is 4.57 Å². The molecule has 0 saturated carbocycles. The number of aliphatic hydroxyl groups is 1. The first-order valence-electron chi connectivity index (χ1n) is 6.70. The van der Waals surface area contributed by atoms with Gasteiger partial charge < -0.3 is 28.2 Å². The van der Waals surface area contributed by atoms with Crippen molar-refractivity contribution in [1.82, 2.24) is 19.5 Å². The van der Waals surface area contributed by atoms with Gasteiger partial charge in [0.15, 0.2) is 11.2 Å². The van der Waals surface area contributed by atoms with E-state index in [9.17, 15) is 9.90 Å². The van der Waals surface area contributed by atoms with E-state index in [0.717, 1.165) is 12.8 Å². The number of nitrogens with one attached hydrogen (secondary N) is 1. The molecule has 0 aromatic carbocycles. The fourth-order valence-corrected chi connectivity index (χ4v) is 3.07. The van der Waals surface area contributed by atoms with E-state index < -0.39 is 0 Å². The van der Waals surface area contributed by atoms with Crippen LogP contribution in [0, 0.1) is 5.92 Å². The summed E-state index contributed by atoms with van der Waals surface area (Å²) in [5, 5.41) is 9.30. The molecule has 1 fully saturated rings. The van der Waals surface area contributed by atoms with Crippen molar-refractivity contribution in [1.29, 1.82) is 0 Å². The summed E-state index contributed by atoms with van der Waals surface area (Å²) in [4.78, 5) is 22.4. The van der Waals surface area contributed by atoms with Crippen LogP contribution >= 0.6 is 0 Å². The Balaban J connectivity index is 2.04. The third-order valence-corrected chi connectivity index (χ3v) is 3.95. The second kappa shape index (κ2) is 5.66.